The lowest BCUT2D eigenvalue weighted by Gasteiger charge is -2.09. The van der Waals surface area contributed by atoms with E-state index in [4.69, 9.17) is 5.73 Å². The molecule has 1 aromatic heterocycles. The first kappa shape index (κ1) is 18.0. The fraction of sp³-hybridized carbons (Fsp3) is 0.312. The number of amides is 1. The van der Waals surface area contributed by atoms with Crippen LogP contribution in [0, 0.1) is 11.7 Å². The van der Waals surface area contributed by atoms with E-state index >= 15 is 0 Å². The van der Waals surface area contributed by atoms with Crippen LogP contribution < -0.4 is 16.6 Å². The van der Waals surface area contributed by atoms with E-state index < -0.39 is 17.3 Å². The molecular formula is C16H19FN4O2S. The first-order chi connectivity index (χ1) is 11.4. The summed E-state index contributed by atoms with van der Waals surface area (Å²) in [7, 11) is 0. The number of thioether (sulfide) groups is 1. The summed E-state index contributed by atoms with van der Waals surface area (Å²) in [6.45, 7) is 4.22. The van der Waals surface area contributed by atoms with Gasteiger partial charge in [-0.15, -0.1) is 0 Å². The molecule has 2 aromatic rings. The Hall–Kier alpha value is -2.35. The third-order valence-corrected chi connectivity index (χ3v) is 4.11. The number of nitrogen functional groups attached to an aromatic ring is 1. The number of nitrogens with two attached hydrogens (primary N) is 1. The molecular weight excluding hydrogens is 331 g/mol. The van der Waals surface area contributed by atoms with Crippen molar-refractivity contribution in [1.29, 1.82) is 0 Å². The molecule has 0 fully saturated rings. The molecule has 8 heteroatoms. The van der Waals surface area contributed by atoms with Gasteiger partial charge < -0.3 is 11.1 Å². The van der Waals surface area contributed by atoms with Gasteiger partial charge >= 0.3 is 0 Å². The summed E-state index contributed by atoms with van der Waals surface area (Å²) in [5, 5.41) is 2.83. The Kier molecular flexibility index (Phi) is 5.97. The molecule has 0 aliphatic rings. The van der Waals surface area contributed by atoms with Crippen molar-refractivity contribution in [3.05, 3.63) is 46.0 Å². The lowest BCUT2D eigenvalue weighted by atomic mass is 10.2. The topological polar surface area (TPSA) is 101 Å². The molecule has 6 nitrogen and oxygen atoms in total. The number of aromatic amines is 1. The number of carbonyl (C=O) groups is 1. The van der Waals surface area contributed by atoms with Crippen LogP contribution in [0.3, 0.4) is 0 Å². The number of halogens is 1. The Bertz CT molecular complexity index is 775. The number of benzene rings is 1. The highest BCUT2D eigenvalue weighted by molar-refractivity contribution is 7.99. The van der Waals surface area contributed by atoms with Gasteiger partial charge in [0.25, 0.3) is 11.5 Å². The molecule has 0 saturated heterocycles. The van der Waals surface area contributed by atoms with Crippen LogP contribution in [0.25, 0.3) is 0 Å². The summed E-state index contributed by atoms with van der Waals surface area (Å²) in [4.78, 5) is 30.9. The van der Waals surface area contributed by atoms with E-state index in [-0.39, 0.29) is 17.1 Å². The molecule has 0 unspecified atom stereocenters. The van der Waals surface area contributed by atoms with E-state index in [9.17, 15) is 14.0 Å². The normalized spacial score (nSPS) is 10.8. The van der Waals surface area contributed by atoms with Gasteiger partial charge in [0.05, 0.1) is 0 Å². The molecule has 0 saturated carbocycles. The van der Waals surface area contributed by atoms with Crippen LogP contribution in [0.2, 0.25) is 0 Å². The molecule has 1 aromatic carbocycles. The monoisotopic (exact) mass is 350 g/mol. The van der Waals surface area contributed by atoms with Crippen LogP contribution in [0.15, 0.2) is 34.2 Å². The predicted octanol–water partition coefficient (Wildman–Crippen LogP) is 2.88. The maximum Gasteiger partial charge on any atom is 0.277 e. The van der Waals surface area contributed by atoms with Crippen LogP contribution in [0.1, 0.15) is 30.6 Å². The van der Waals surface area contributed by atoms with E-state index in [1.807, 2.05) is 0 Å². The highest BCUT2D eigenvalue weighted by Crippen LogP contribution is 2.19. The zero-order valence-corrected chi connectivity index (χ0v) is 14.2. The molecule has 0 atom stereocenters. The van der Waals surface area contributed by atoms with Gasteiger partial charge in [0.2, 0.25) is 0 Å². The summed E-state index contributed by atoms with van der Waals surface area (Å²) in [5.41, 5.74) is 5.36. The van der Waals surface area contributed by atoms with Gasteiger partial charge in [-0.25, -0.2) is 9.37 Å². The van der Waals surface area contributed by atoms with Gasteiger partial charge in [0.15, 0.2) is 11.0 Å². The molecule has 4 N–H and O–H groups in total. The highest BCUT2D eigenvalue weighted by Gasteiger charge is 2.14. The number of hydrogen-bond donors (Lipinski definition) is 3. The number of H-pyrrole nitrogens is 1. The Morgan fingerprint density at radius 2 is 2.04 bits per heavy atom. The Labute approximate surface area is 143 Å². The van der Waals surface area contributed by atoms with E-state index in [2.05, 4.69) is 29.1 Å². The van der Waals surface area contributed by atoms with Gasteiger partial charge in [0.1, 0.15) is 11.5 Å². The summed E-state index contributed by atoms with van der Waals surface area (Å²) < 4.78 is 12.9. The number of carbonyl (C=O) groups excluding carboxylic acids is 1. The third-order valence-electron chi connectivity index (χ3n) is 3.20. The van der Waals surface area contributed by atoms with Crippen molar-refractivity contribution in [3.8, 4) is 0 Å². The van der Waals surface area contributed by atoms with Crippen molar-refractivity contribution in [1.82, 2.24) is 9.97 Å². The van der Waals surface area contributed by atoms with Gasteiger partial charge in [-0.3, -0.25) is 14.6 Å². The van der Waals surface area contributed by atoms with E-state index in [1.54, 1.807) is 0 Å². The first-order valence-electron chi connectivity index (χ1n) is 7.46. The van der Waals surface area contributed by atoms with Crippen molar-refractivity contribution in [2.24, 2.45) is 5.92 Å². The molecule has 2 rings (SSSR count). The quantitative estimate of drug-likeness (QED) is 0.549. The number of nitrogens with one attached hydrogen (secondary N) is 2. The zero-order chi connectivity index (χ0) is 17.7. The summed E-state index contributed by atoms with van der Waals surface area (Å²) in [6, 6.07) is 4.96. The maximum absolute atomic E-state index is 12.9. The van der Waals surface area contributed by atoms with E-state index in [0.717, 1.165) is 24.3 Å². The second kappa shape index (κ2) is 7.96. The maximum atomic E-state index is 12.9. The fourth-order valence-electron chi connectivity index (χ4n) is 1.84. The highest BCUT2D eigenvalue weighted by atomic mass is 32.2. The average Bonchev–Trinajstić information content (AvgIpc) is 2.51. The Morgan fingerprint density at radius 1 is 1.38 bits per heavy atom. The zero-order valence-electron chi connectivity index (χ0n) is 13.4. The summed E-state index contributed by atoms with van der Waals surface area (Å²) >= 11 is 1.40. The molecule has 24 heavy (non-hydrogen) atoms. The van der Waals surface area contributed by atoms with Gasteiger partial charge in [-0.05, 0) is 36.6 Å². The second-order valence-corrected chi connectivity index (χ2v) is 6.71. The molecule has 0 aliphatic carbocycles. The molecule has 0 aliphatic heterocycles. The number of aromatic nitrogens is 2. The largest absolute Gasteiger partial charge is 0.382 e. The number of rotatable bonds is 6. The number of anilines is 2. The fourth-order valence-corrected chi connectivity index (χ4v) is 2.95. The van der Waals surface area contributed by atoms with Crippen LogP contribution in [-0.4, -0.2) is 21.6 Å². The van der Waals surface area contributed by atoms with Crippen molar-refractivity contribution in [3.63, 3.8) is 0 Å². The Balaban J connectivity index is 2.12. The smallest absolute Gasteiger partial charge is 0.277 e. The number of hydrogen-bond acceptors (Lipinski definition) is 5. The van der Waals surface area contributed by atoms with Crippen LogP contribution >= 0.6 is 11.8 Å². The van der Waals surface area contributed by atoms with Gasteiger partial charge in [0, 0.05) is 11.3 Å². The molecule has 128 valence electrons. The lowest BCUT2D eigenvalue weighted by Crippen LogP contribution is -2.23. The minimum atomic E-state index is -0.561. The minimum Gasteiger partial charge on any atom is -0.382 e. The molecule has 1 heterocycles. The lowest BCUT2D eigenvalue weighted by molar-refractivity contribution is 0.102. The van der Waals surface area contributed by atoms with Crippen LogP contribution in [-0.2, 0) is 0 Å². The van der Waals surface area contributed by atoms with Gasteiger partial charge in [-0.1, -0.05) is 25.6 Å². The second-order valence-electron chi connectivity index (χ2n) is 5.62. The van der Waals surface area contributed by atoms with Crippen molar-refractivity contribution >= 4 is 29.2 Å². The van der Waals surface area contributed by atoms with Crippen LogP contribution in [0.4, 0.5) is 15.9 Å². The molecule has 0 bridgehead atoms. The minimum absolute atomic E-state index is 0.0544. The molecule has 0 spiro atoms. The predicted molar refractivity (Wildman–Crippen MR) is 93.8 cm³/mol. The third kappa shape index (κ3) is 4.82. The van der Waals surface area contributed by atoms with Gasteiger partial charge in [-0.2, -0.15) is 0 Å². The standard InChI is InChI=1S/C16H19FN4O2S/c1-9(2)7-8-24-16-20-13(18)12(15(23)21-16)19-14(22)10-3-5-11(17)6-4-10/h3-6,9H,7-8H2,1-2H3,(H,19,22)(H3,18,20,21,23). The van der Waals surface area contributed by atoms with Crippen LogP contribution in [0.5, 0.6) is 0 Å². The van der Waals surface area contributed by atoms with Crippen molar-refractivity contribution in [2.75, 3.05) is 16.8 Å². The Morgan fingerprint density at radius 3 is 2.62 bits per heavy atom. The first-order valence-corrected chi connectivity index (χ1v) is 8.45. The van der Waals surface area contributed by atoms with E-state index in [0.29, 0.717) is 11.1 Å². The summed E-state index contributed by atoms with van der Waals surface area (Å²) in [5.74, 6) is 0.293. The molecule has 1 amide bonds. The average molecular weight is 350 g/mol. The SMILES string of the molecule is CC(C)CCSc1nc(N)c(NC(=O)c2ccc(F)cc2)c(=O)[nH]1. The summed E-state index contributed by atoms with van der Waals surface area (Å²) in [6.07, 6.45) is 0.983. The van der Waals surface area contributed by atoms with E-state index in [1.165, 1.54) is 23.9 Å². The van der Waals surface area contributed by atoms with Crippen molar-refractivity contribution in [2.45, 2.75) is 25.4 Å². The number of nitrogens with zero attached hydrogens (tertiary/aromatic N) is 1. The van der Waals surface area contributed by atoms with Crippen molar-refractivity contribution < 1.29 is 9.18 Å². The molecule has 0 radical (unpaired) electrons.